The molecule has 2 atom stereocenters. The van der Waals surface area contributed by atoms with Gasteiger partial charge < -0.3 is 0 Å². The Hall–Kier alpha value is -1.28. The van der Waals surface area contributed by atoms with E-state index in [1.165, 1.54) is 11.1 Å². The minimum Gasteiger partial charge on any atom is -0.297 e. The van der Waals surface area contributed by atoms with Gasteiger partial charge in [-0.1, -0.05) is 42.5 Å². The molecule has 1 aromatic carbocycles. The average Bonchev–Trinajstić information content (AvgIpc) is 2.72. The Kier molecular flexibility index (Phi) is 2.03. The first-order valence-electron chi connectivity index (χ1n) is 4.99. The van der Waals surface area contributed by atoms with Crippen LogP contribution in [-0.4, -0.2) is 6.29 Å². The largest absolute Gasteiger partial charge is 0.297 e. The van der Waals surface area contributed by atoms with E-state index in [0.29, 0.717) is 11.2 Å². The maximum absolute atomic E-state index is 10.7. The predicted octanol–water partition coefficient (Wildman–Crippen LogP) is 3.20. The Morgan fingerprint density at radius 3 is 3.00 bits per heavy atom. The molecule has 0 saturated carbocycles. The molecule has 0 bridgehead atoms. The van der Waals surface area contributed by atoms with E-state index in [2.05, 4.69) is 42.5 Å². The third-order valence-electron chi connectivity index (χ3n) is 2.89. The van der Waals surface area contributed by atoms with E-state index in [-0.39, 0.29) is 0 Å². The van der Waals surface area contributed by atoms with Crippen molar-refractivity contribution in [2.75, 3.05) is 0 Å². The topological polar surface area (TPSA) is 17.1 Å². The van der Waals surface area contributed by atoms with Crippen LogP contribution in [0.25, 0.3) is 6.08 Å². The van der Waals surface area contributed by atoms with Gasteiger partial charge in [-0.15, -0.1) is 11.8 Å². The summed E-state index contributed by atoms with van der Waals surface area (Å²) in [5.41, 5.74) is 2.63. The van der Waals surface area contributed by atoms with Crippen molar-refractivity contribution in [2.24, 2.45) is 5.92 Å². The minimum absolute atomic E-state index is 0.394. The number of aldehydes is 1. The molecule has 2 aliphatic rings. The molecule has 1 heterocycles. The third kappa shape index (κ3) is 1.37. The Morgan fingerprint density at radius 1 is 1.27 bits per heavy atom. The Balaban J connectivity index is 2.06. The van der Waals surface area contributed by atoms with E-state index >= 15 is 0 Å². The monoisotopic (exact) mass is 214 g/mol. The van der Waals surface area contributed by atoms with Crippen molar-refractivity contribution < 1.29 is 4.79 Å². The molecule has 0 unspecified atom stereocenters. The quantitative estimate of drug-likeness (QED) is 0.668. The summed E-state index contributed by atoms with van der Waals surface area (Å²) in [4.78, 5) is 11.6. The van der Waals surface area contributed by atoms with Crippen LogP contribution in [0.4, 0.5) is 0 Å². The number of fused-ring (bicyclic) bond motifs is 3. The number of hydrogen-bond acceptors (Lipinski definition) is 2. The lowest BCUT2D eigenvalue weighted by Gasteiger charge is -2.22. The summed E-state index contributed by atoms with van der Waals surface area (Å²) in [5, 5.41) is 0.409. The van der Waals surface area contributed by atoms with Crippen molar-refractivity contribution in [1.82, 2.24) is 0 Å². The van der Waals surface area contributed by atoms with Gasteiger partial charge in [-0.25, -0.2) is 0 Å². The average molecular weight is 214 g/mol. The van der Waals surface area contributed by atoms with E-state index in [0.717, 1.165) is 11.2 Å². The van der Waals surface area contributed by atoms with Crippen molar-refractivity contribution in [3.8, 4) is 0 Å². The van der Waals surface area contributed by atoms with E-state index in [4.69, 9.17) is 0 Å². The van der Waals surface area contributed by atoms with E-state index < -0.39 is 0 Å². The van der Waals surface area contributed by atoms with Crippen LogP contribution in [-0.2, 0) is 4.79 Å². The standard InChI is InChI=1S/C13H10OS/c14-8-11-7-10-6-5-9-3-1-2-4-12(9)13(10)15-11/h1-8,10,13H/t10-,13-/m0/s1. The van der Waals surface area contributed by atoms with Gasteiger partial charge in [-0.3, -0.25) is 4.79 Å². The van der Waals surface area contributed by atoms with Crippen molar-refractivity contribution in [2.45, 2.75) is 5.25 Å². The van der Waals surface area contributed by atoms with Crippen molar-refractivity contribution >= 4 is 24.1 Å². The number of allylic oxidation sites excluding steroid dienone is 3. The molecule has 0 aromatic heterocycles. The Bertz CT molecular complexity index is 473. The lowest BCUT2D eigenvalue weighted by molar-refractivity contribution is -0.104. The summed E-state index contributed by atoms with van der Waals surface area (Å²) in [6.07, 6.45) is 7.37. The Morgan fingerprint density at radius 2 is 2.13 bits per heavy atom. The molecule has 1 aromatic rings. The fourth-order valence-corrected chi connectivity index (χ4v) is 3.42. The van der Waals surface area contributed by atoms with Crippen LogP contribution in [0.2, 0.25) is 0 Å². The molecular weight excluding hydrogens is 204 g/mol. The molecule has 0 radical (unpaired) electrons. The zero-order valence-corrected chi connectivity index (χ0v) is 8.91. The van der Waals surface area contributed by atoms with Gasteiger partial charge in [-0.2, -0.15) is 0 Å². The molecule has 1 nitrogen and oxygen atoms in total. The van der Waals surface area contributed by atoms with Crippen molar-refractivity contribution in [3.05, 3.63) is 52.4 Å². The molecule has 1 aliphatic heterocycles. The molecule has 0 amide bonds. The molecule has 0 N–H and O–H groups in total. The highest BCUT2D eigenvalue weighted by Gasteiger charge is 2.31. The highest BCUT2D eigenvalue weighted by atomic mass is 32.2. The second-order valence-electron chi connectivity index (χ2n) is 3.79. The first kappa shape index (κ1) is 8.98. The van der Waals surface area contributed by atoms with Gasteiger partial charge in [0, 0.05) is 16.1 Å². The van der Waals surface area contributed by atoms with Gasteiger partial charge in [-0.05, 0) is 11.1 Å². The summed E-state index contributed by atoms with van der Waals surface area (Å²) >= 11 is 1.68. The van der Waals surface area contributed by atoms with Crippen LogP contribution in [0, 0.1) is 5.92 Å². The zero-order valence-electron chi connectivity index (χ0n) is 8.09. The highest BCUT2D eigenvalue weighted by Crippen LogP contribution is 2.50. The lowest BCUT2D eigenvalue weighted by Crippen LogP contribution is -2.06. The van der Waals surface area contributed by atoms with E-state index in [1.54, 1.807) is 11.8 Å². The smallest absolute Gasteiger partial charge is 0.156 e. The van der Waals surface area contributed by atoms with Gasteiger partial charge in [0.15, 0.2) is 6.29 Å². The number of carbonyl (C=O) groups excluding carboxylic acids is 1. The summed E-state index contributed by atoms with van der Waals surface area (Å²) in [5.74, 6) is 0.394. The maximum Gasteiger partial charge on any atom is 0.156 e. The summed E-state index contributed by atoms with van der Waals surface area (Å²) in [6, 6.07) is 8.40. The van der Waals surface area contributed by atoms with Crippen molar-refractivity contribution in [1.29, 1.82) is 0 Å². The molecule has 1 aliphatic carbocycles. The fourth-order valence-electron chi connectivity index (χ4n) is 2.17. The van der Waals surface area contributed by atoms with Crippen LogP contribution in [0.1, 0.15) is 16.4 Å². The zero-order chi connectivity index (χ0) is 10.3. The van der Waals surface area contributed by atoms with Crippen LogP contribution in [0.3, 0.4) is 0 Å². The molecule has 3 rings (SSSR count). The number of benzene rings is 1. The van der Waals surface area contributed by atoms with Gasteiger partial charge in [0.25, 0.3) is 0 Å². The van der Waals surface area contributed by atoms with E-state index in [1.807, 2.05) is 0 Å². The molecule has 2 heteroatoms. The molecule has 0 fully saturated rings. The second-order valence-corrected chi connectivity index (χ2v) is 5.01. The third-order valence-corrected chi connectivity index (χ3v) is 4.21. The summed E-state index contributed by atoms with van der Waals surface area (Å²) in [6.45, 7) is 0. The Labute approximate surface area is 92.9 Å². The first-order chi connectivity index (χ1) is 7.38. The predicted molar refractivity (Wildman–Crippen MR) is 63.4 cm³/mol. The highest BCUT2D eigenvalue weighted by molar-refractivity contribution is 8.04. The van der Waals surface area contributed by atoms with Crippen LogP contribution in [0.5, 0.6) is 0 Å². The number of carbonyl (C=O) groups is 1. The number of rotatable bonds is 1. The number of thioether (sulfide) groups is 1. The second kappa shape index (κ2) is 3.38. The lowest BCUT2D eigenvalue weighted by atomic mass is 9.89. The van der Waals surface area contributed by atoms with Crippen molar-refractivity contribution in [3.63, 3.8) is 0 Å². The molecule has 15 heavy (non-hydrogen) atoms. The molecule has 74 valence electrons. The van der Waals surface area contributed by atoms with Gasteiger partial charge in [0.1, 0.15) is 0 Å². The SMILES string of the molecule is O=CC1=C[C@@H]2C=Cc3ccccc3[C@H]2S1. The molecular formula is C13H10OS. The minimum atomic E-state index is 0.394. The summed E-state index contributed by atoms with van der Waals surface area (Å²) < 4.78 is 0. The molecule has 0 saturated heterocycles. The van der Waals surface area contributed by atoms with Crippen LogP contribution >= 0.6 is 11.8 Å². The molecule has 0 spiro atoms. The van der Waals surface area contributed by atoms with Crippen LogP contribution < -0.4 is 0 Å². The van der Waals surface area contributed by atoms with Crippen LogP contribution in [0.15, 0.2) is 41.3 Å². The van der Waals surface area contributed by atoms with Gasteiger partial charge in [0.05, 0.1) is 0 Å². The normalized spacial score (nSPS) is 26.8. The maximum atomic E-state index is 10.7. The van der Waals surface area contributed by atoms with E-state index in [9.17, 15) is 4.79 Å². The van der Waals surface area contributed by atoms with Gasteiger partial charge >= 0.3 is 0 Å². The first-order valence-corrected chi connectivity index (χ1v) is 5.87. The van der Waals surface area contributed by atoms with Gasteiger partial charge in [0.2, 0.25) is 0 Å². The number of hydrogen-bond donors (Lipinski definition) is 0. The summed E-state index contributed by atoms with van der Waals surface area (Å²) in [7, 11) is 0. The fraction of sp³-hybridized carbons (Fsp3) is 0.154.